The van der Waals surface area contributed by atoms with Crippen molar-refractivity contribution in [2.45, 2.75) is 25.7 Å². The topological polar surface area (TPSA) is 75.4 Å². The Morgan fingerprint density at radius 1 is 1.30 bits per heavy atom. The fourth-order valence-corrected chi connectivity index (χ4v) is 3.16. The van der Waals surface area contributed by atoms with E-state index in [0.29, 0.717) is 29.4 Å². The molecule has 0 heterocycles. The van der Waals surface area contributed by atoms with Gasteiger partial charge in [0.25, 0.3) is 0 Å². The van der Waals surface area contributed by atoms with Gasteiger partial charge in [-0.1, -0.05) is 25.4 Å². The van der Waals surface area contributed by atoms with E-state index in [1.54, 1.807) is 6.92 Å². The molecular formula is C13H22ClN3O2S. The maximum Gasteiger partial charge on any atom is 0.240 e. The minimum atomic E-state index is -3.58. The summed E-state index contributed by atoms with van der Waals surface area (Å²) in [5, 5.41) is 0.356. The number of sulfonamides is 1. The van der Waals surface area contributed by atoms with Crippen molar-refractivity contribution < 1.29 is 8.42 Å². The van der Waals surface area contributed by atoms with E-state index in [2.05, 4.69) is 9.62 Å². The molecule has 1 aromatic rings. The molecule has 0 amide bonds. The van der Waals surface area contributed by atoms with Gasteiger partial charge < -0.3 is 10.6 Å². The molecule has 7 heteroatoms. The Labute approximate surface area is 126 Å². The molecule has 20 heavy (non-hydrogen) atoms. The Kier molecular flexibility index (Phi) is 6.26. The van der Waals surface area contributed by atoms with Crippen LogP contribution in [0.15, 0.2) is 17.0 Å². The Morgan fingerprint density at radius 2 is 1.90 bits per heavy atom. The lowest BCUT2D eigenvalue weighted by Crippen LogP contribution is -2.34. The maximum absolute atomic E-state index is 12.2. The minimum Gasteiger partial charge on any atom is -0.398 e. The number of nitrogens with zero attached hydrogens (tertiary/aromatic N) is 1. The second-order valence-electron chi connectivity index (χ2n) is 4.54. The first kappa shape index (κ1) is 17.2. The number of hydrogen-bond acceptors (Lipinski definition) is 4. The van der Waals surface area contributed by atoms with Crippen LogP contribution in [0.1, 0.15) is 19.4 Å². The van der Waals surface area contributed by atoms with Gasteiger partial charge in [0, 0.05) is 23.8 Å². The second-order valence-corrected chi connectivity index (χ2v) is 6.72. The summed E-state index contributed by atoms with van der Waals surface area (Å²) in [6.07, 6.45) is 0. The molecule has 114 valence electrons. The van der Waals surface area contributed by atoms with Gasteiger partial charge in [0.05, 0.1) is 4.90 Å². The lowest BCUT2D eigenvalue weighted by atomic mass is 10.2. The number of nitrogen functional groups attached to an aromatic ring is 1. The van der Waals surface area contributed by atoms with Crippen molar-refractivity contribution in [2.75, 3.05) is 31.9 Å². The zero-order chi connectivity index (χ0) is 15.3. The van der Waals surface area contributed by atoms with Gasteiger partial charge in [-0.25, -0.2) is 13.1 Å². The average molecular weight is 320 g/mol. The van der Waals surface area contributed by atoms with E-state index < -0.39 is 10.0 Å². The van der Waals surface area contributed by atoms with E-state index in [9.17, 15) is 8.42 Å². The van der Waals surface area contributed by atoms with Crippen molar-refractivity contribution in [3.63, 3.8) is 0 Å². The molecule has 0 aliphatic heterocycles. The Morgan fingerprint density at radius 3 is 2.40 bits per heavy atom. The van der Waals surface area contributed by atoms with Gasteiger partial charge in [0.1, 0.15) is 0 Å². The molecule has 0 radical (unpaired) electrons. The highest BCUT2D eigenvalue weighted by molar-refractivity contribution is 7.89. The molecule has 5 nitrogen and oxygen atoms in total. The first-order valence-electron chi connectivity index (χ1n) is 6.59. The van der Waals surface area contributed by atoms with Crippen molar-refractivity contribution in [1.29, 1.82) is 0 Å². The molecule has 0 atom stereocenters. The predicted octanol–water partition coefficient (Wildman–Crippen LogP) is 1.85. The van der Waals surface area contributed by atoms with E-state index in [1.807, 2.05) is 13.8 Å². The summed E-state index contributed by atoms with van der Waals surface area (Å²) in [4.78, 5) is 2.24. The zero-order valence-corrected chi connectivity index (χ0v) is 13.7. The van der Waals surface area contributed by atoms with Gasteiger partial charge >= 0.3 is 0 Å². The van der Waals surface area contributed by atoms with Gasteiger partial charge in [-0.05, 0) is 37.7 Å². The molecule has 0 spiro atoms. The van der Waals surface area contributed by atoms with Crippen LogP contribution in [0.3, 0.4) is 0 Å². The quantitative estimate of drug-likeness (QED) is 0.752. The van der Waals surface area contributed by atoms with Crippen LogP contribution in [-0.4, -0.2) is 39.5 Å². The highest BCUT2D eigenvalue weighted by atomic mass is 35.5. The third kappa shape index (κ3) is 4.34. The zero-order valence-electron chi connectivity index (χ0n) is 12.1. The summed E-state index contributed by atoms with van der Waals surface area (Å²) >= 11 is 5.97. The number of nitrogens with one attached hydrogen (secondary N) is 1. The SMILES string of the molecule is CCN(CC)CCNS(=O)(=O)c1cc(N)c(C)c(Cl)c1. The van der Waals surface area contributed by atoms with Crippen LogP contribution >= 0.6 is 11.6 Å². The van der Waals surface area contributed by atoms with Gasteiger partial charge in [0.2, 0.25) is 10.0 Å². The van der Waals surface area contributed by atoms with Crippen molar-refractivity contribution in [3.05, 3.63) is 22.7 Å². The summed E-state index contributed by atoms with van der Waals surface area (Å²) in [6, 6.07) is 2.86. The molecule has 1 aromatic carbocycles. The van der Waals surface area contributed by atoms with Crippen molar-refractivity contribution in [1.82, 2.24) is 9.62 Å². The highest BCUT2D eigenvalue weighted by Gasteiger charge is 2.16. The molecule has 0 bridgehead atoms. The fourth-order valence-electron chi connectivity index (χ4n) is 1.79. The molecule has 0 aromatic heterocycles. The van der Waals surface area contributed by atoms with E-state index in [-0.39, 0.29) is 4.90 Å². The van der Waals surface area contributed by atoms with Crippen LogP contribution in [0.4, 0.5) is 5.69 Å². The molecule has 0 aliphatic rings. The normalized spacial score (nSPS) is 12.1. The van der Waals surface area contributed by atoms with E-state index in [1.165, 1.54) is 12.1 Å². The van der Waals surface area contributed by atoms with Crippen LogP contribution in [-0.2, 0) is 10.0 Å². The number of anilines is 1. The van der Waals surface area contributed by atoms with E-state index >= 15 is 0 Å². The molecule has 0 unspecified atom stereocenters. The van der Waals surface area contributed by atoms with Crippen LogP contribution in [0.2, 0.25) is 5.02 Å². The lowest BCUT2D eigenvalue weighted by molar-refractivity contribution is 0.309. The largest absolute Gasteiger partial charge is 0.398 e. The van der Waals surface area contributed by atoms with E-state index in [4.69, 9.17) is 17.3 Å². The summed E-state index contributed by atoms with van der Waals surface area (Å²) in [6.45, 7) is 8.64. The number of rotatable bonds is 7. The van der Waals surface area contributed by atoms with Crippen LogP contribution in [0.5, 0.6) is 0 Å². The van der Waals surface area contributed by atoms with Gasteiger partial charge in [-0.15, -0.1) is 0 Å². The molecule has 0 aliphatic carbocycles. The summed E-state index contributed by atoms with van der Waals surface area (Å²) in [7, 11) is -3.58. The monoisotopic (exact) mass is 319 g/mol. The Bertz CT molecular complexity index is 534. The first-order chi connectivity index (χ1) is 9.31. The summed E-state index contributed by atoms with van der Waals surface area (Å²) in [5.41, 5.74) is 6.82. The van der Waals surface area contributed by atoms with Gasteiger partial charge in [-0.3, -0.25) is 0 Å². The Balaban J connectivity index is 2.79. The minimum absolute atomic E-state index is 0.102. The molecule has 0 saturated heterocycles. The lowest BCUT2D eigenvalue weighted by Gasteiger charge is -2.18. The number of likely N-dealkylation sites (N-methyl/N-ethyl adjacent to an activating group) is 1. The molecule has 0 saturated carbocycles. The number of halogens is 1. The van der Waals surface area contributed by atoms with Crippen molar-refractivity contribution in [3.8, 4) is 0 Å². The smallest absolute Gasteiger partial charge is 0.240 e. The third-order valence-electron chi connectivity index (χ3n) is 3.28. The van der Waals surface area contributed by atoms with E-state index in [0.717, 1.165) is 13.1 Å². The predicted molar refractivity (Wildman–Crippen MR) is 83.6 cm³/mol. The number of nitrogens with two attached hydrogens (primary N) is 1. The second kappa shape index (κ2) is 7.26. The third-order valence-corrected chi connectivity index (χ3v) is 5.12. The van der Waals surface area contributed by atoms with Crippen LogP contribution in [0.25, 0.3) is 0 Å². The van der Waals surface area contributed by atoms with Crippen LogP contribution < -0.4 is 10.5 Å². The van der Waals surface area contributed by atoms with Gasteiger partial charge in [0.15, 0.2) is 0 Å². The molecule has 1 rings (SSSR count). The molecule has 3 N–H and O–H groups in total. The Hall–Kier alpha value is -0.820. The number of benzene rings is 1. The summed E-state index contributed by atoms with van der Waals surface area (Å²) < 4.78 is 26.9. The standard InChI is InChI=1S/C13H22ClN3O2S/c1-4-17(5-2)7-6-16-20(18,19)11-8-12(14)10(3)13(15)9-11/h8-9,16H,4-7,15H2,1-3H3. The summed E-state index contributed by atoms with van der Waals surface area (Å²) in [5.74, 6) is 0. The fraction of sp³-hybridized carbons (Fsp3) is 0.538. The molecular weight excluding hydrogens is 298 g/mol. The van der Waals surface area contributed by atoms with Gasteiger partial charge in [-0.2, -0.15) is 0 Å². The van der Waals surface area contributed by atoms with Crippen molar-refractivity contribution in [2.24, 2.45) is 0 Å². The van der Waals surface area contributed by atoms with Crippen LogP contribution in [0, 0.1) is 6.92 Å². The van der Waals surface area contributed by atoms with Crippen molar-refractivity contribution >= 4 is 27.3 Å². The highest BCUT2D eigenvalue weighted by Crippen LogP contribution is 2.25. The first-order valence-corrected chi connectivity index (χ1v) is 8.45. The molecule has 0 fully saturated rings. The average Bonchev–Trinajstić information content (AvgIpc) is 2.40. The maximum atomic E-state index is 12.2. The number of hydrogen-bond donors (Lipinski definition) is 2.